The standard InChI is InChI=1S/C13H16FNO3/c1-7(2)11(13(17)18)15-12(16)9-5-4-8(3)10(14)6-9/h4-7,11H,1-3H3,(H,15,16)(H,17,18)/t11-/m1/s1. The van der Waals surface area contributed by atoms with Crippen LogP contribution in [0.3, 0.4) is 0 Å². The van der Waals surface area contributed by atoms with Crippen molar-refractivity contribution in [2.75, 3.05) is 0 Å². The minimum absolute atomic E-state index is 0.116. The summed E-state index contributed by atoms with van der Waals surface area (Å²) in [5.74, 6) is -2.43. The van der Waals surface area contributed by atoms with Crippen molar-refractivity contribution in [3.8, 4) is 0 Å². The number of benzene rings is 1. The third kappa shape index (κ3) is 3.29. The quantitative estimate of drug-likeness (QED) is 0.862. The molecule has 0 unspecified atom stereocenters. The molecule has 1 aromatic carbocycles. The lowest BCUT2D eigenvalue weighted by molar-refractivity contribution is -0.140. The van der Waals surface area contributed by atoms with Gasteiger partial charge in [0.05, 0.1) is 0 Å². The van der Waals surface area contributed by atoms with Crippen molar-refractivity contribution in [1.29, 1.82) is 0 Å². The lowest BCUT2D eigenvalue weighted by Gasteiger charge is -2.17. The van der Waals surface area contributed by atoms with E-state index in [0.717, 1.165) is 6.07 Å². The Hall–Kier alpha value is -1.91. The molecule has 0 radical (unpaired) electrons. The number of rotatable bonds is 4. The second kappa shape index (κ2) is 5.62. The topological polar surface area (TPSA) is 66.4 Å². The average Bonchev–Trinajstić information content (AvgIpc) is 2.28. The highest BCUT2D eigenvalue weighted by atomic mass is 19.1. The zero-order valence-corrected chi connectivity index (χ0v) is 10.5. The molecule has 4 nitrogen and oxygen atoms in total. The number of aryl methyl sites for hydroxylation is 1. The van der Waals surface area contributed by atoms with E-state index in [2.05, 4.69) is 5.32 Å². The Labute approximate surface area is 105 Å². The van der Waals surface area contributed by atoms with Gasteiger partial charge in [-0.3, -0.25) is 4.79 Å². The van der Waals surface area contributed by atoms with Crippen LogP contribution in [-0.4, -0.2) is 23.0 Å². The normalized spacial score (nSPS) is 12.3. The summed E-state index contributed by atoms with van der Waals surface area (Å²) in [7, 11) is 0. The maximum Gasteiger partial charge on any atom is 0.326 e. The molecule has 0 aliphatic heterocycles. The van der Waals surface area contributed by atoms with Crippen molar-refractivity contribution >= 4 is 11.9 Å². The molecule has 0 spiro atoms. The molecular weight excluding hydrogens is 237 g/mol. The van der Waals surface area contributed by atoms with Gasteiger partial charge < -0.3 is 10.4 Å². The molecule has 0 bridgehead atoms. The Morgan fingerprint density at radius 2 is 1.94 bits per heavy atom. The van der Waals surface area contributed by atoms with Crippen molar-refractivity contribution in [1.82, 2.24) is 5.32 Å². The van der Waals surface area contributed by atoms with E-state index >= 15 is 0 Å². The largest absolute Gasteiger partial charge is 0.480 e. The summed E-state index contributed by atoms with van der Waals surface area (Å²) in [4.78, 5) is 22.7. The molecule has 0 aliphatic carbocycles. The number of nitrogens with one attached hydrogen (secondary N) is 1. The molecule has 98 valence electrons. The molecule has 1 rings (SSSR count). The van der Waals surface area contributed by atoms with Gasteiger partial charge in [-0.25, -0.2) is 9.18 Å². The summed E-state index contributed by atoms with van der Waals surface area (Å²) >= 11 is 0. The lowest BCUT2D eigenvalue weighted by atomic mass is 10.0. The number of hydrogen-bond acceptors (Lipinski definition) is 2. The Kier molecular flexibility index (Phi) is 4.42. The van der Waals surface area contributed by atoms with Gasteiger partial charge in [-0.1, -0.05) is 19.9 Å². The minimum atomic E-state index is -1.11. The molecule has 0 aliphatic rings. The molecule has 2 N–H and O–H groups in total. The van der Waals surface area contributed by atoms with Gasteiger partial charge in [-0.05, 0) is 30.5 Å². The zero-order chi connectivity index (χ0) is 13.9. The van der Waals surface area contributed by atoms with Crippen LogP contribution in [-0.2, 0) is 4.79 Å². The molecule has 0 aromatic heterocycles. The molecule has 0 heterocycles. The predicted octanol–water partition coefficient (Wildman–Crippen LogP) is 1.97. The SMILES string of the molecule is Cc1ccc(C(=O)N[C@@H](C(=O)O)C(C)C)cc1F. The summed E-state index contributed by atoms with van der Waals surface area (Å²) in [6, 6.07) is 3.06. The van der Waals surface area contributed by atoms with E-state index in [1.54, 1.807) is 20.8 Å². The van der Waals surface area contributed by atoms with Crippen LogP contribution in [0.5, 0.6) is 0 Å². The van der Waals surface area contributed by atoms with Crippen molar-refractivity contribution < 1.29 is 19.1 Å². The van der Waals surface area contributed by atoms with Crippen molar-refractivity contribution in [3.05, 3.63) is 35.1 Å². The van der Waals surface area contributed by atoms with Crippen LogP contribution in [0.1, 0.15) is 29.8 Å². The zero-order valence-electron chi connectivity index (χ0n) is 10.5. The monoisotopic (exact) mass is 253 g/mol. The van der Waals surface area contributed by atoms with Crippen molar-refractivity contribution in [2.24, 2.45) is 5.92 Å². The fourth-order valence-electron chi connectivity index (χ4n) is 1.47. The van der Waals surface area contributed by atoms with E-state index in [0.29, 0.717) is 5.56 Å². The van der Waals surface area contributed by atoms with Crippen LogP contribution in [0.15, 0.2) is 18.2 Å². The first kappa shape index (κ1) is 14.2. The van der Waals surface area contributed by atoms with Gasteiger partial charge in [-0.15, -0.1) is 0 Å². The summed E-state index contributed by atoms with van der Waals surface area (Å²) in [5, 5.41) is 11.3. The van der Waals surface area contributed by atoms with Gasteiger partial charge in [0.15, 0.2) is 0 Å². The van der Waals surface area contributed by atoms with Gasteiger partial charge in [0.1, 0.15) is 11.9 Å². The van der Waals surface area contributed by atoms with E-state index in [9.17, 15) is 14.0 Å². The summed E-state index contributed by atoms with van der Waals surface area (Å²) in [6.45, 7) is 4.97. The molecular formula is C13H16FNO3. The van der Waals surface area contributed by atoms with Crippen LogP contribution in [0.4, 0.5) is 4.39 Å². The van der Waals surface area contributed by atoms with E-state index in [-0.39, 0.29) is 11.5 Å². The average molecular weight is 253 g/mol. The van der Waals surface area contributed by atoms with Crippen LogP contribution in [0.2, 0.25) is 0 Å². The van der Waals surface area contributed by atoms with Gasteiger partial charge in [-0.2, -0.15) is 0 Å². The van der Waals surface area contributed by atoms with Crippen LogP contribution >= 0.6 is 0 Å². The second-order valence-electron chi connectivity index (χ2n) is 4.50. The molecule has 1 atom stereocenters. The number of hydrogen-bond donors (Lipinski definition) is 2. The van der Waals surface area contributed by atoms with Gasteiger partial charge in [0.2, 0.25) is 0 Å². The Morgan fingerprint density at radius 3 is 2.39 bits per heavy atom. The van der Waals surface area contributed by atoms with Crippen LogP contribution < -0.4 is 5.32 Å². The molecule has 0 fully saturated rings. The molecule has 1 amide bonds. The molecule has 18 heavy (non-hydrogen) atoms. The number of carboxylic acids is 1. The second-order valence-corrected chi connectivity index (χ2v) is 4.50. The van der Waals surface area contributed by atoms with Gasteiger partial charge >= 0.3 is 5.97 Å². The third-order valence-corrected chi connectivity index (χ3v) is 2.65. The number of amides is 1. The Balaban J connectivity index is 2.87. The van der Waals surface area contributed by atoms with Gasteiger partial charge in [0, 0.05) is 5.56 Å². The number of halogens is 1. The summed E-state index contributed by atoms with van der Waals surface area (Å²) < 4.78 is 13.3. The molecule has 0 saturated carbocycles. The first-order valence-electron chi connectivity index (χ1n) is 5.62. The van der Waals surface area contributed by atoms with E-state index < -0.39 is 23.7 Å². The van der Waals surface area contributed by atoms with E-state index in [4.69, 9.17) is 5.11 Å². The predicted molar refractivity (Wildman–Crippen MR) is 64.9 cm³/mol. The number of carbonyl (C=O) groups excluding carboxylic acids is 1. The highest BCUT2D eigenvalue weighted by Gasteiger charge is 2.24. The number of aliphatic carboxylic acids is 1. The first-order valence-corrected chi connectivity index (χ1v) is 5.62. The summed E-state index contributed by atoms with van der Waals surface area (Å²) in [6.07, 6.45) is 0. The fourth-order valence-corrected chi connectivity index (χ4v) is 1.47. The van der Waals surface area contributed by atoms with Crippen LogP contribution in [0.25, 0.3) is 0 Å². The van der Waals surface area contributed by atoms with E-state index in [1.807, 2.05) is 0 Å². The fraction of sp³-hybridized carbons (Fsp3) is 0.385. The third-order valence-electron chi connectivity index (χ3n) is 2.65. The van der Waals surface area contributed by atoms with Gasteiger partial charge in [0.25, 0.3) is 5.91 Å². The summed E-state index contributed by atoms with van der Waals surface area (Å²) in [5.41, 5.74) is 0.551. The number of carbonyl (C=O) groups is 2. The van der Waals surface area contributed by atoms with Crippen molar-refractivity contribution in [3.63, 3.8) is 0 Å². The lowest BCUT2D eigenvalue weighted by Crippen LogP contribution is -2.44. The van der Waals surface area contributed by atoms with Crippen molar-refractivity contribution in [2.45, 2.75) is 26.8 Å². The maximum atomic E-state index is 13.3. The smallest absolute Gasteiger partial charge is 0.326 e. The minimum Gasteiger partial charge on any atom is -0.480 e. The highest BCUT2D eigenvalue weighted by Crippen LogP contribution is 2.10. The Morgan fingerprint density at radius 1 is 1.33 bits per heavy atom. The molecule has 0 saturated heterocycles. The molecule has 1 aromatic rings. The number of carboxylic acid groups (broad SMARTS) is 1. The van der Waals surface area contributed by atoms with E-state index in [1.165, 1.54) is 12.1 Å². The highest BCUT2D eigenvalue weighted by molar-refractivity contribution is 5.96. The van der Waals surface area contributed by atoms with Crippen LogP contribution in [0, 0.1) is 18.7 Å². The first-order chi connectivity index (χ1) is 8.32. The Bertz CT molecular complexity index is 471. The maximum absolute atomic E-state index is 13.3. The molecule has 5 heteroatoms.